The smallest absolute Gasteiger partial charge is 0.210 e. The highest BCUT2D eigenvalue weighted by Crippen LogP contribution is 2.36. The molecule has 0 saturated heterocycles. The number of aliphatic hydroxyl groups is 1. The van der Waals surface area contributed by atoms with Crippen molar-refractivity contribution in [3.05, 3.63) is 47.8 Å². The van der Waals surface area contributed by atoms with Crippen LogP contribution in [-0.4, -0.2) is 50.1 Å². The van der Waals surface area contributed by atoms with Crippen molar-refractivity contribution in [2.24, 2.45) is 7.05 Å². The van der Waals surface area contributed by atoms with Crippen LogP contribution in [0.2, 0.25) is 5.02 Å². The number of aliphatic hydroxyl groups excluding tert-OH is 1. The van der Waals surface area contributed by atoms with E-state index in [1.807, 2.05) is 17.8 Å². The van der Waals surface area contributed by atoms with Gasteiger partial charge in [-0.05, 0) is 6.92 Å². The molecule has 12 heteroatoms. The third kappa shape index (κ3) is 4.28. The Labute approximate surface area is 206 Å². The summed E-state index contributed by atoms with van der Waals surface area (Å²) in [6.07, 6.45) is 7.66. The van der Waals surface area contributed by atoms with Crippen molar-refractivity contribution in [1.29, 1.82) is 0 Å². The molecule has 0 amide bonds. The van der Waals surface area contributed by atoms with E-state index in [1.165, 1.54) is 6.20 Å². The number of nitrogens with one attached hydrogen (secondary N) is 1. The van der Waals surface area contributed by atoms with Crippen molar-refractivity contribution in [2.45, 2.75) is 45.8 Å². The first kappa shape index (κ1) is 23.1. The van der Waals surface area contributed by atoms with Crippen LogP contribution < -0.4 is 10.1 Å². The standard InChI is InChI=1S/C23H26ClN9O2/c1-13(34)12-33-17(23(2,3)4)8-18(30-33)28-22-29-21-20(31(22)5)19(24)16(10-26-21)35-15-11-27-32-7-6-25-9-14(15)32/h6-11,13,34H,12H2,1-5H3,(H,26,28,29,30). The van der Waals surface area contributed by atoms with Crippen molar-refractivity contribution in [3.63, 3.8) is 0 Å². The van der Waals surface area contributed by atoms with Crippen molar-refractivity contribution in [3.8, 4) is 11.5 Å². The van der Waals surface area contributed by atoms with Crippen molar-refractivity contribution >= 4 is 40.0 Å². The highest BCUT2D eigenvalue weighted by atomic mass is 35.5. The normalized spacial score (nSPS) is 13.0. The lowest BCUT2D eigenvalue weighted by Gasteiger charge is -2.20. The van der Waals surface area contributed by atoms with E-state index in [4.69, 9.17) is 16.3 Å². The zero-order valence-corrected chi connectivity index (χ0v) is 20.8. The molecule has 0 bridgehead atoms. The predicted molar refractivity (Wildman–Crippen MR) is 132 cm³/mol. The summed E-state index contributed by atoms with van der Waals surface area (Å²) in [6, 6.07) is 1.96. The fourth-order valence-corrected chi connectivity index (χ4v) is 4.19. The Balaban J connectivity index is 1.48. The molecule has 35 heavy (non-hydrogen) atoms. The molecule has 0 aliphatic carbocycles. The lowest BCUT2D eigenvalue weighted by atomic mass is 9.92. The molecule has 0 aromatic carbocycles. The first-order valence-corrected chi connectivity index (χ1v) is 11.5. The van der Waals surface area contributed by atoms with Gasteiger partial charge in [0.05, 0.1) is 31.2 Å². The molecule has 5 aromatic heterocycles. The summed E-state index contributed by atoms with van der Waals surface area (Å²) in [5.74, 6) is 2.03. The van der Waals surface area contributed by atoms with Crippen LogP contribution in [0, 0.1) is 0 Å². The second kappa shape index (κ2) is 8.51. The summed E-state index contributed by atoms with van der Waals surface area (Å²) >= 11 is 6.73. The van der Waals surface area contributed by atoms with Crippen LogP contribution in [0.4, 0.5) is 11.8 Å². The lowest BCUT2D eigenvalue weighted by Crippen LogP contribution is -2.22. The minimum atomic E-state index is -0.523. The van der Waals surface area contributed by atoms with Gasteiger partial charge in [-0.25, -0.2) is 9.50 Å². The van der Waals surface area contributed by atoms with E-state index in [-0.39, 0.29) is 5.41 Å². The van der Waals surface area contributed by atoms with Gasteiger partial charge in [-0.2, -0.15) is 15.2 Å². The summed E-state index contributed by atoms with van der Waals surface area (Å²) in [7, 11) is 1.84. The topological polar surface area (TPSA) is 120 Å². The maximum atomic E-state index is 9.90. The largest absolute Gasteiger partial charge is 0.450 e. The van der Waals surface area contributed by atoms with E-state index in [9.17, 15) is 5.11 Å². The van der Waals surface area contributed by atoms with Crippen molar-refractivity contribution < 1.29 is 9.84 Å². The molecular formula is C23H26ClN9O2. The summed E-state index contributed by atoms with van der Waals surface area (Å²) < 4.78 is 11.3. The fourth-order valence-electron chi connectivity index (χ4n) is 3.89. The maximum Gasteiger partial charge on any atom is 0.210 e. The summed E-state index contributed by atoms with van der Waals surface area (Å²) in [5, 5.41) is 22.4. The van der Waals surface area contributed by atoms with E-state index in [2.05, 4.69) is 51.2 Å². The number of anilines is 2. The maximum absolute atomic E-state index is 9.90. The number of aromatic nitrogens is 8. The number of imidazole rings is 1. The van der Waals surface area contributed by atoms with Crippen LogP contribution >= 0.6 is 11.6 Å². The van der Waals surface area contributed by atoms with Gasteiger partial charge in [0.15, 0.2) is 23.0 Å². The van der Waals surface area contributed by atoms with Gasteiger partial charge >= 0.3 is 0 Å². The SMILES string of the molecule is CC(O)Cn1nc(Nc2nc3ncc(Oc4cnn5ccncc45)c(Cl)c3n2C)cc1C(C)(C)C. The Bertz CT molecular complexity index is 1530. The average Bonchev–Trinajstić information content (AvgIpc) is 3.46. The van der Waals surface area contributed by atoms with Crippen LogP contribution in [0.25, 0.3) is 16.7 Å². The van der Waals surface area contributed by atoms with Crippen molar-refractivity contribution in [2.75, 3.05) is 5.32 Å². The van der Waals surface area contributed by atoms with Crippen molar-refractivity contribution in [1.82, 2.24) is 38.9 Å². The highest BCUT2D eigenvalue weighted by Gasteiger charge is 2.23. The van der Waals surface area contributed by atoms with E-state index >= 15 is 0 Å². The third-order valence-electron chi connectivity index (χ3n) is 5.54. The number of hydrogen-bond donors (Lipinski definition) is 2. The van der Waals surface area contributed by atoms with Gasteiger partial charge in [0.1, 0.15) is 16.1 Å². The first-order chi connectivity index (χ1) is 16.6. The first-order valence-electron chi connectivity index (χ1n) is 11.1. The number of rotatable bonds is 6. The minimum absolute atomic E-state index is 0.154. The number of aryl methyl sites for hydroxylation is 1. The molecule has 5 rings (SSSR count). The molecule has 2 N–H and O–H groups in total. The molecule has 11 nitrogen and oxygen atoms in total. The highest BCUT2D eigenvalue weighted by molar-refractivity contribution is 6.36. The number of halogens is 1. The molecule has 1 unspecified atom stereocenters. The van der Waals surface area contributed by atoms with E-state index < -0.39 is 6.10 Å². The van der Waals surface area contributed by atoms with Gasteiger partial charge in [-0.1, -0.05) is 32.4 Å². The second-order valence-electron chi connectivity index (χ2n) is 9.44. The zero-order chi connectivity index (χ0) is 24.9. The molecule has 0 aliphatic heterocycles. The molecule has 5 heterocycles. The van der Waals surface area contributed by atoms with Crippen LogP contribution in [0.1, 0.15) is 33.4 Å². The summed E-state index contributed by atoms with van der Waals surface area (Å²) in [4.78, 5) is 13.2. The minimum Gasteiger partial charge on any atom is -0.450 e. The summed E-state index contributed by atoms with van der Waals surface area (Å²) in [6.45, 7) is 8.44. The third-order valence-corrected chi connectivity index (χ3v) is 5.91. The van der Waals surface area contributed by atoms with Gasteiger partial charge in [0.25, 0.3) is 0 Å². The number of fused-ring (bicyclic) bond motifs is 2. The van der Waals surface area contributed by atoms with E-state index in [0.29, 0.717) is 51.5 Å². The molecule has 0 fully saturated rings. The lowest BCUT2D eigenvalue weighted by molar-refractivity contribution is 0.165. The average molecular weight is 496 g/mol. The Hall–Kier alpha value is -3.70. The Kier molecular flexibility index (Phi) is 5.60. The van der Waals surface area contributed by atoms with Crippen LogP contribution in [0.5, 0.6) is 11.5 Å². The fraction of sp³-hybridized carbons (Fsp3) is 0.348. The van der Waals surface area contributed by atoms with Crippen LogP contribution in [0.3, 0.4) is 0 Å². The van der Waals surface area contributed by atoms with E-state index in [0.717, 1.165) is 5.69 Å². The van der Waals surface area contributed by atoms with Crippen LogP contribution in [0.15, 0.2) is 37.1 Å². The Morgan fingerprint density at radius 2 is 2.00 bits per heavy atom. The molecule has 0 spiro atoms. The quantitative estimate of drug-likeness (QED) is 0.361. The van der Waals surface area contributed by atoms with E-state index in [1.54, 1.807) is 40.8 Å². The molecule has 0 radical (unpaired) electrons. The van der Waals surface area contributed by atoms with Gasteiger partial charge in [0.2, 0.25) is 5.95 Å². The van der Waals surface area contributed by atoms with Crippen LogP contribution in [-0.2, 0) is 19.0 Å². The predicted octanol–water partition coefficient (Wildman–Crippen LogP) is 4.08. The molecular weight excluding hydrogens is 470 g/mol. The van der Waals surface area contributed by atoms with Gasteiger partial charge < -0.3 is 19.7 Å². The molecule has 1 atom stereocenters. The second-order valence-corrected chi connectivity index (χ2v) is 9.82. The monoisotopic (exact) mass is 495 g/mol. The van der Waals surface area contributed by atoms with Gasteiger partial charge in [-0.3, -0.25) is 9.67 Å². The molecule has 5 aromatic rings. The number of hydrogen-bond acceptors (Lipinski definition) is 8. The zero-order valence-electron chi connectivity index (χ0n) is 20.1. The summed E-state index contributed by atoms with van der Waals surface area (Å²) in [5.41, 5.74) is 2.63. The molecule has 0 saturated carbocycles. The van der Waals surface area contributed by atoms with Gasteiger partial charge in [-0.15, -0.1) is 0 Å². The number of ether oxygens (including phenoxy) is 1. The Morgan fingerprint density at radius 3 is 2.74 bits per heavy atom. The van der Waals surface area contributed by atoms with Gasteiger partial charge in [0, 0.05) is 36.6 Å². The Morgan fingerprint density at radius 1 is 1.20 bits per heavy atom. The number of pyridine rings is 1. The molecule has 0 aliphatic rings. The molecule has 182 valence electrons. The number of nitrogens with zero attached hydrogens (tertiary/aromatic N) is 8.